The molecule has 0 aromatic heterocycles. The largest absolute Gasteiger partial charge is 0.495 e. The first kappa shape index (κ1) is 22.8. The summed E-state index contributed by atoms with van der Waals surface area (Å²) < 4.78 is 22.1. The third-order valence-electron chi connectivity index (χ3n) is 3.96. The zero-order valence-electron chi connectivity index (χ0n) is 15.4. The minimum atomic E-state index is -0.245. The Balaban J connectivity index is 3.11. The van der Waals surface area contributed by atoms with Crippen molar-refractivity contribution in [2.24, 2.45) is 0 Å². The summed E-state index contributed by atoms with van der Waals surface area (Å²) in [5.74, 6) is 0.891. The number of esters is 2. The van der Waals surface area contributed by atoms with E-state index in [9.17, 15) is 9.59 Å². The Morgan fingerprint density at radius 3 is 1.35 bits per heavy atom. The summed E-state index contributed by atoms with van der Waals surface area (Å²) in [7, 11) is 5.95. The number of carbonyl (C=O) groups is 2. The number of hydrogen-bond donors (Lipinski definition) is 0. The monoisotopic (exact) mass is 494 g/mol. The third kappa shape index (κ3) is 5.87. The Morgan fingerprint density at radius 1 is 0.731 bits per heavy atom. The van der Waals surface area contributed by atoms with E-state index in [0.29, 0.717) is 50.0 Å². The first-order chi connectivity index (χ1) is 12.4. The summed E-state index contributed by atoms with van der Waals surface area (Å²) in [5, 5.41) is 0. The fourth-order valence-corrected chi connectivity index (χ4v) is 4.19. The number of carbonyl (C=O) groups excluding carboxylic acids is 2. The molecule has 0 aliphatic rings. The molecule has 0 spiro atoms. The van der Waals surface area contributed by atoms with Crippen molar-refractivity contribution < 1.29 is 28.5 Å². The predicted octanol–water partition coefficient (Wildman–Crippen LogP) is 4.22. The number of ether oxygens (including phenoxy) is 4. The van der Waals surface area contributed by atoms with Crippen LogP contribution in [0.5, 0.6) is 11.5 Å². The number of methoxy groups -OCH3 is 4. The molecular formula is C18H24Br2O6. The van der Waals surface area contributed by atoms with E-state index in [0.717, 1.165) is 20.1 Å². The molecule has 0 atom stereocenters. The molecule has 6 nitrogen and oxygen atoms in total. The van der Waals surface area contributed by atoms with Gasteiger partial charge >= 0.3 is 11.9 Å². The molecule has 0 unspecified atom stereocenters. The molecule has 0 radical (unpaired) electrons. The van der Waals surface area contributed by atoms with E-state index in [4.69, 9.17) is 9.47 Å². The zero-order valence-corrected chi connectivity index (χ0v) is 18.6. The molecule has 0 bridgehead atoms. The van der Waals surface area contributed by atoms with Gasteiger partial charge in [0.1, 0.15) is 11.5 Å². The average Bonchev–Trinajstić information content (AvgIpc) is 2.64. The summed E-state index contributed by atoms with van der Waals surface area (Å²) >= 11 is 7.21. The van der Waals surface area contributed by atoms with Crippen LogP contribution in [0, 0.1) is 0 Å². The second-order valence-electron chi connectivity index (χ2n) is 5.51. The van der Waals surface area contributed by atoms with Crippen LogP contribution in [0.15, 0.2) is 8.95 Å². The molecule has 0 aliphatic heterocycles. The molecule has 1 rings (SSSR count). The molecule has 146 valence electrons. The smallest absolute Gasteiger partial charge is 0.305 e. The van der Waals surface area contributed by atoms with E-state index in [2.05, 4.69) is 41.3 Å². The number of benzene rings is 1. The van der Waals surface area contributed by atoms with Crippen LogP contribution in [0.25, 0.3) is 0 Å². The highest BCUT2D eigenvalue weighted by Gasteiger charge is 2.23. The molecule has 0 N–H and O–H groups in total. The maximum absolute atomic E-state index is 11.3. The van der Waals surface area contributed by atoms with Gasteiger partial charge in [-0.2, -0.15) is 0 Å². The van der Waals surface area contributed by atoms with Gasteiger partial charge in [0.2, 0.25) is 0 Å². The number of hydrogen-bond acceptors (Lipinski definition) is 6. The second kappa shape index (κ2) is 11.4. The van der Waals surface area contributed by atoms with Crippen LogP contribution in [0.3, 0.4) is 0 Å². The fraction of sp³-hybridized carbons (Fsp3) is 0.556. The highest BCUT2D eigenvalue weighted by Crippen LogP contribution is 2.46. The highest BCUT2D eigenvalue weighted by atomic mass is 79.9. The van der Waals surface area contributed by atoms with Gasteiger partial charge in [-0.15, -0.1) is 0 Å². The van der Waals surface area contributed by atoms with Crippen LogP contribution in [-0.2, 0) is 31.9 Å². The average molecular weight is 496 g/mol. The molecule has 0 saturated heterocycles. The van der Waals surface area contributed by atoms with Gasteiger partial charge in [0.05, 0.1) is 37.4 Å². The second-order valence-corrected chi connectivity index (χ2v) is 7.10. The van der Waals surface area contributed by atoms with Gasteiger partial charge in [0, 0.05) is 24.0 Å². The minimum absolute atomic E-state index is 0.245. The lowest BCUT2D eigenvalue weighted by Crippen LogP contribution is -2.06. The normalized spacial score (nSPS) is 10.4. The summed E-state index contributed by atoms with van der Waals surface area (Å²) in [6, 6.07) is 0. The van der Waals surface area contributed by atoms with Crippen molar-refractivity contribution in [3.05, 3.63) is 20.1 Å². The lowest BCUT2D eigenvalue weighted by Gasteiger charge is -2.20. The van der Waals surface area contributed by atoms with Gasteiger partial charge in [-0.3, -0.25) is 9.59 Å². The van der Waals surface area contributed by atoms with Crippen LogP contribution in [-0.4, -0.2) is 40.4 Å². The molecular weight excluding hydrogens is 472 g/mol. The van der Waals surface area contributed by atoms with Crippen molar-refractivity contribution in [1.82, 2.24) is 0 Å². The van der Waals surface area contributed by atoms with Crippen LogP contribution < -0.4 is 9.47 Å². The Kier molecular flexibility index (Phi) is 10.0. The van der Waals surface area contributed by atoms with Gasteiger partial charge in [-0.25, -0.2) is 0 Å². The first-order valence-electron chi connectivity index (χ1n) is 8.15. The van der Waals surface area contributed by atoms with Crippen molar-refractivity contribution in [2.45, 2.75) is 38.5 Å². The molecule has 0 aliphatic carbocycles. The van der Waals surface area contributed by atoms with Crippen LogP contribution in [0.2, 0.25) is 0 Å². The van der Waals surface area contributed by atoms with Crippen LogP contribution in [0.1, 0.15) is 36.8 Å². The third-order valence-corrected chi connectivity index (χ3v) is 5.63. The minimum Gasteiger partial charge on any atom is -0.495 e. The van der Waals surface area contributed by atoms with Crippen molar-refractivity contribution in [1.29, 1.82) is 0 Å². The Hall–Kier alpha value is -1.28. The summed E-state index contributed by atoms with van der Waals surface area (Å²) in [5.41, 5.74) is 1.83. The Bertz CT molecular complexity index is 590. The van der Waals surface area contributed by atoms with E-state index >= 15 is 0 Å². The van der Waals surface area contributed by atoms with Gasteiger partial charge < -0.3 is 18.9 Å². The van der Waals surface area contributed by atoms with Crippen LogP contribution >= 0.6 is 31.9 Å². The van der Waals surface area contributed by atoms with E-state index < -0.39 is 0 Å². The lowest BCUT2D eigenvalue weighted by atomic mass is 10.00. The van der Waals surface area contributed by atoms with Crippen LogP contribution in [0.4, 0.5) is 0 Å². The number of rotatable bonds is 10. The van der Waals surface area contributed by atoms with Gasteiger partial charge in [-0.05, 0) is 57.5 Å². The fourth-order valence-electron chi connectivity index (χ4n) is 2.63. The molecule has 8 heteroatoms. The predicted molar refractivity (Wildman–Crippen MR) is 105 cm³/mol. The van der Waals surface area contributed by atoms with Gasteiger partial charge in [0.25, 0.3) is 0 Å². The molecule has 0 saturated carbocycles. The van der Waals surface area contributed by atoms with Gasteiger partial charge in [0.15, 0.2) is 0 Å². The molecule has 1 aromatic carbocycles. The van der Waals surface area contributed by atoms with E-state index in [1.807, 2.05) is 0 Å². The van der Waals surface area contributed by atoms with Crippen molar-refractivity contribution in [2.75, 3.05) is 28.4 Å². The van der Waals surface area contributed by atoms with Crippen molar-refractivity contribution in [3.63, 3.8) is 0 Å². The zero-order chi connectivity index (χ0) is 19.7. The van der Waals surface area contributed by atoms with E-state index in [1.54, 1.807) is 14.2 Å². The standard InChI is InChI=1S/C18H24Br2O6/c1-23-13(21)9-5-7-11-15(19)18(26-4)12(16(20)17(11)25-3)8-6-10-14(22)24-2/h5-10H2,1-4H3. The molecule has 0 fully saturated rings. The molecule has 0 heterocycles. The van der Waals surface area contributed by atoms with Crippen molar-refractivity contribution >= 4 is 43.8 Å². The maximum Gasteiger partial charge on any atom is 0.305 e. The highest BCUT2D eigenvalue weighted by molar-refractivity contribution is 9.11. The molecule has 0 amide bonds. The summed E-state index contributed by atoms with van der Waals surface area (Å²) in [6.07, 6.45) is 3.14. The first-order valence-corrected chi connectivity index (χ1v) is 9.74. The Labute approximate surface area is 170 Å². The topological polar surface area (TPSA) is 71.1 Å². The van der Waals surface area contributed by atoms with Gasteiger partial charge in [-0.1, -0.05) is 0 Å². The van der Waals surface area contributed by atoms with Crippen molar-refractivity contribution in [3.8, 4) is 11.5 Å². The maximum atomic E-state index is 11.3. The van der Waals surface area contributed by atoms with E-state index in [1.165, 1.54) is 14.2 Å². The summed E-state index contributed by atoms with van der Waals surface area (Å²) in [4.78, 5) is 22.7. The molecule has 26 heavy (non-hydrogen) atoms. The summed E-state index contributed by atoms with van der Waals surface area (Å²) in [6.45, 7) is 0. The molecule has 1 aromatic rings. The van der Waals surface area contributed by atoms with E-state index in [-0.39, 0.29) is 11.9 Å². The number of halogens is 2. The lowest BCUT2D eigenvalue weighted by molar-refractivity contribution is -0.141. The SMILES string of the molecule is COC(=O)CCCc1c(Br)c(OC)c(CCCC(=O)OC)c(Br)c1OC. The quantitative estimate of drug-likeness (QED) is 0.452. The Morgan fingerprint density at radius 2 is 1.08 bits per heavy atom.